The van der Waals surface area contributed by atoms with E-state index in [1.807, 2.05) is 0 Å². The van der Waals surface area contributed by atoms with E-state index in [2.05, 4.69) is 0 Å². The highest BCUT2D eigenvalue weighted by Gasteiger charge is 2.40. The van der Waals surface area contributed by atoms with Gasteiger partial charge in [-0.05, 0) is 26.3 Å². The number of nitrogens with zero attached hydrogens (tertiary/aromatic N) is 1. The Kier molecular flexibility index (Phi) is 6.06. The summed E-state index contributed by atoms with van der Waals surface area (Å²) in [5.41, 5.74) is 5.18. The van der Waals surface area contributed by atoms with Crippen LogP contribution < -0.4 is 5.73 Å². The molecule has 4 nitrogen and oxygen atoms in total. The molecule has 0 bridgehead atoms. The van der Waals surface area contributed by atoms with Gasteiger partial charge in [0.25, 0.3) is 0 Å². The highest BCUT2D eigenvalue weighted by molar-refractivity contribution is 5.72. The summed E-state index contributed by atoms with van der Waals surface area (Å²) in [6.07, 6.45) is -2.90. The first kappa shape index (κ1) is 16.2. The Bertz CT molecular complexity index is 297. The van der Waals surface area contributed by atoms with E-state index in [1.165, 1.54) is 0 Å². The third-order valence-electron chi connectivity index (χ3n) is 3.35. The van der Waals surface area contributed by atoms with Gasteiger partial charge < -0.3 is 15.4 Å². The Morgan fingerprint density at radius 3 is 2.74 bits per heavy atom. The Morgan fingerprint density at radius 1 is 1.53 bits per heavy atom. The van der Waals surface area contributed by atoms with E-state index < -0.39 is 18.6 Å². The Balaban J connectivity index is 2.52. The van der Waals surface area contributed by atoms with E-state index in [-0.39, 0.29) is 18.4 Å². The van der Waals surface area contributed by atoms with Crippen molar-refractivity contribution in [2.45, 2.75) is 25.9 Å². The quantitative estimate of drug-likeness (QED) is 0.774. The monoisotopic (exact) mass is 282 g/mol. The van der Waals surface area contributed by atoms with E-state index in [1.54, 1.807) is 11.8 Å². The number of carbonyl (C=O) groups is 1. The summed E-state index contributed by atoms with van der Waals surface area (Å²) < 4.78 is 42.9. The van der Waals surface area contributed by atoms with Gasteiger partial charge in [-0.1, -0.05) is 0 Å². The zero-order valence-corrected chi connectivity index (χ0v) is 11.1. The molecule has 0 aliphatic carbocycles. The summed E-state index contributed by atoms with van der Waals surface area (Å²) in [5.74, 6) is -2.17. The molecule has 1 saturated heterocycles. The second kappa shape index (κ2) is 7.09. The van der Waals surface area contributed by atoms with Gasteiger partial charge in [0.1, 0.15) is 0 Å². The zero-order chi connectivity index (χ0) is 14.5. The molecule has 2 N–H and O–H groups in total. The summed E-state index contributed by atoms with van der Waals surface area (Å²) in [7, 11) is 0. The highest BCUT2D eigenvalue weighted by Crippen LogP contribution is 2.28. The molecule has 2 atom stereocenters. The van der Waals surface area contributed by atoms with E-state index in [0.717, 1.165) is 0 Å². The van der Waals surface area contributed by atoms with Gasteiger partial charge in [0.05, 0.1) is 18.4 Å². The minimum absolute atomic E-state index is 0.143. The molecule has 0 aromatic rings. The van der Waals surface area contributed by atoms with Crippen molar-refractivity contribution in [2.24, 2.45) is 17.6 Å². The predicted octanol–water partition coefficient (Wildman–Crippen LogP) is 1.40. The van der Waals surface area contributed by atoms with Crippen LogP contribution >= 0.6 is 0 Å². The number of hydrogen-bond donors (Lipinski definition) is 1. The van der Waals surface area contributed by atoms with Crippen molar-refractivity contribution < 1.29 is 22.7 Å². The molecule has 1 aliphatic rings. The number of likely N-dealkylation sites (tertiary alicyclic amines) is 1. The fourth-order valence-electron chi connectivity index (χ4n) is 2.30. The van der Waals surface area contributed by atoms with Gasteiger partial charge >= 0.3 is 12.1 Å². The van der Waals surface area contributed by atoms with Crippen LogP contribution in [0.5, 0.6) is 0 Å². The van der Waals surface area contributed by atoms with Gasteiger partial charge in [0.2, 0.25) is 0 Å². The number of piperidine rings is 1. The molecule has 0 radical (unpaired) electrons. The maximum Gasteiger partial charge on any atom is 0.394 e. The number of hydrogen-bond acceptors (Lipinski definition) is 4. The van der Waals surface area contributed by atoms with Crippen LogP contribution in [0.4, 0.5) is 13.2 Å². The second-order valence-corrected chi connectivity index (χ2v) is 4.83. The average Bonchev–Trinajstić information content (AvgIpc) is 2.35. The second-order valence-electron chi connectivity index (χ2n) is 4.83. The van der Waals surface area contributed by atoms with Crippen molar-refractivity contribution in [3.8, 4) is 0 Å². The van der Waals surface area contributed by atoms with Crippen molar-refractivity contribution >= 4 is 5.97 Å². The minimum Gasteiger partial charge on any atom is -0.466 e. The molecule has 0 saturated carbocycles. The number of nitrogens with two attached hydrogens (primary N) is 1. The van der Waals surface area contributed by atoms with Crippen LogP contribution in [0.2, 0.25) is 0 Å². The van der Waals surface area contributed by atoms with Gasteiger partial charge in [0.15, 0.2) is 0 Å². The smallest absolute Gasteiger partial charge is 0.394 e. The molecule has 1 rings (SSSR count). The number of halogens is 3. The van der Waals surface area contributed by atoms with Crippen LogP contribution in [0, 0.1) is 11.8 Å². The van der Waals surface area contributed by atoms with Gasteiger partial charge in [0, 0.05) is 19.6 Å². The summed E-state index contributed by atoms with van der Waals surface area (Å²) in [4.78, 5) is 13.3. The van der Waals surface area contributed by atoms with Gasteiger partial charge in [-0.15, -0.1) is 0 Å². The van der Waals surface area contributed by atoms with Crippen LogP contribution in [0.25, 0.3) is 0 Å². The number of carbonyl (C=O) groups excluding carboxylic acids is 1. The third kappa shape index (κ3) is 4.99. The maximum absolute atomic E-state index is 12.7. The molecule has 0 amide bonds. The molecule has 1 heterocycles. The van der Waals surface area contributed by atoms with Crippen LogP contribution in [0.1, 0.15) is 19.8 Å². The average molecular weight is 282 g/mol. The van der Waals surface area contributed by atoms with Gasteiger partial charge in [-0.25, -0.2) is 0 Å². The van der Waals surface area contributed by atoms with Crippen molar-refractivity contribution in [3.05, 3.63) is 0 Å². The highest BCUT2D eigenvalue weighted by atomic mass is 19.4. The first-order valence-corrected chi connectivity index (χ1v) is 6.54. The van der Waals surface area contributed by atoms with Gasteiger partial charge in [-0.3, -0.25) is 4.79 Å². The molecule has 0 aromatic carbocycles. The number of rotatable bonds is 5. The van der Waals surface area contributed by atoms with E-state index in [9.17, 15) is 18.0 Å². The summed E-state index contributed by atoms with van der Waals surface area (Å²) in [6.45, 7) is 2.34. The normalized spacial score (nSPS) is 23.1. The molecular weight excluding hydrogens is 261 g/mol. The SMILES string of the molecule is CCOC(=O)C1CCCN(CC(CN)C(F)(F)F)C1. The molecule has 2 unspecified atom stereocenters. The first-order valence-electron chi connectivity index (χ1n) is 6.54. The van der Waals surface area contributed by atoms with Crippen molar-refractivity contribution in [3.63, 3.8) is 0 Å². The first-order chi connectivity index (χ1) is 8.88. The number of ether oxygens (including phenoxy) is 1. The van der Waals surface area contributed by atoms with Crippen molar-refractivity contribution in [1.82, 2.24) is 4.90 Å². The molecule has 0 aromatic heterocycles. The van der Waals surface area contributed by atoms with E-state index in [0.29, 0.717) is 32.5 Å². The minimum atomic E-state index is -4.29. The van der Waals surface area contributed by atoms with Crippen LogP contribution in [-0.2, 0) is 9.53 Å². The number of esters is 1. The van der Waals surface area contributed by atoms with Crippen LogP contribution in [0.15, 0.2) is 0 Å². The van der Waals surface area contributed by atoms with Crippen molar-refractivity contribution in [2.75, 3.05) is 32.8 Å². The maximum atomic E-state index is 12.7. The lowest BCUT2D eigenvalue weighted by atomic mass is 9.97. The van der Waals surface area contributed by atoms with Gasteiger partial charge in [-0.2, -0.15) is 13.2 Å². The predicted molar refractivity (Wildman–Crippen MR) is 64.4 cm³/mol. The molecule has 1 aliphatic heterocycles. The van der Waals surface area contributed by atoms with Crippen LogP contribution in [0.3, 0.4) is 0 Å². The zero-order valence-electron chi connectivity index (χ0n) is 11.1. The third-order valence-corrected chi connectivity index (χ3v) is 3.35. The Hall–Kier alpha value is -0.820. The lowest BCUT2D eigenvalue weighted by Crippen LogP contribution is -2.46. The van der Waals surface area contributed by atoms with Crippen LogP contribution in [-0.4, -0.2) is 49.8 Å². The number of alkyl halides is 3. The standard InChI is InChI=1S/C12H21F3N2O2/c1-2-19-11(18)9-4-3-5-17(7-9)8-10(6-16)12(13,14)15/h9-10H,2-8,16H2,1H3. The summed E-state index contributed by atoms with van der Waals surface area (Å²) in [6, 6.07) is 0. The molecule has 19 heavy (non-hydrogen) atoms. The van der Waals surface area contributed by atoms with E-state index >= 15 is 0 Å². The Labute approximate surface area is 111 Å². The molecule has 7 heteroatoms. The lowest BCUT2D eigenvalue weighted by Gasteiger charge is -2.34. The summed E-state index contributed by atoms with van der Waals surface area (Å²) >= 11 is 0. The van der Waals surface area contributed by atoms with Crippen molar-refractivity contribution in [1.29, 1.82) is 0 Å². The molecule has 0 spiro atoms. The fraction of sp³-hybridized carbons (Fsp3) is 0.917. The fourth-order valence-corrected chi connectivity index (χ4v) is 2.30. The lowest BCUT2D eigenvalue weighted by molar-refractivity contribution is -0.177. The topological polar surface area (TPSA) is 55.6 Å². The Morgan fingerprint density at radius 2 is 2.21 bits per heavy atom. The molecule has 1 fully saturated rings. The largest absolute Gasteiger partial charge is 0.466 e. The van der Waals surface area contributed by atoms with E-state index in [4.69, 9.17) is 10.5 Å². The summed E-state index contributed by atoms with van der Waals surface area (Å²) in [5, 5.41) is 0. The molecular formula is C12H21F3N2O2. The molecule has 112 valence electrons.